The van der Waals surface area contributed by atoms with Crippen LogP contribution in [0.25, 0.3) is 10.8 Å². The van der Waals surface area contributed by atoms with Gasteiger partial charge in [0.1, 0.15) is 0 Å². The molecule has 2 aromatic rings. The van der Waals surface area contributed by atoms with Crippen molar-refractivity contribution in [2.24, 2.45) is 0 Å². The first-order chi connectivity index (χ1) is 13.6. The molecule has 29 heavy (non-hydrogen) atoms. The van der Waals surface area contributed by atoms with Crippen LogP contribution >= 0.6 is 39.5 Å². The van der Waals surface area contributed by atoms with E-state index in [1.807, 2.05) is 0 Å². The molecule has 2 rings (SSSR count). The summed E-state index contributed by atoms with van der Waals surface area (Å²) in [5, 5.41) is 17.5. The third-order valence-electron chi connectivity index (χ3n) is 3.78. The molecule has 0 spiro atoms. The van der Waals surface area contributed by atoms with Crippen LogP contribution in [0.2, 0.25) is 0 Å². The van der Waals surface area contributed by atoms with Gasteiger partial charge in [-0.1, -0.05) is 56.1 Å². The van der Waals surface area contributed by atoms with Crippen molar-refractivity contribution in [2.45, 2.75) is 12.3 Å². The summed E-state index contributed by atoms with van der Waals surface area (Å²) in [6, 6.07) is 8.33. The van der Waals surface area contributed by atoms with Crippen molar-refractivity contribution in [2.75, 3.05) is 23.7 Å². The fourth-order valence-electron chi connectivity index (χ4n) is 2.64. The van der Waals surface area contributed by atoms with Crippen LogP contribution in [0, 0.1) is 10.1 Å². The largest absolute Gasteiger partial charge is 0.419 e. The van der Waals surface area contributed by atoms with Crippen LogP contribution in [-0.4, -0.2) is 34.8 Å². The fraction of sp³-hybridized carbons (Fsp3) is 0.375. The first kappa shape index (κ1) is 24.2. The van der Waals surface area contributed by atoms with E-state index in [0.717, 1.165) is 6.07 Å². The van der Waals surface area contributed by atoms with Crippen LogP contribution in [0.4, 0.5) is 18.9 Å². The molecule has 0 aliphatic rings. The molecule has 2 N–H and O–H groups in total. The van der Waals surface area contributed by atoms with Crippen molar-refractivity contribution < 1.29 is 27.2 Å². The van der Waals surface area contributed by atoms with Crippen molar-refractivity contribution in [3.8, 4) is 0 Å². The van der Waals surface area contributed by atoms with Gasteiger partial charge in [0.05, 0.1) is 15.9 Å². The lowest BCUT2D eigenvalue weighted by atomic mass is 10.0. The van der Waals surface area contributed by atoms with Crippen molar-refractivity contribution in [1.29, 1.82) is 0 Å². The highest BCUT2D eigenvalue weighted by Gasteiger charge is 2.49. The van der Waals surface area contributed by atoms with Crippen molar-refractivity contribution in [3.05, 3.63) is 52.1 Å². The Hall–Kier alpha value is -1.04. The molecule has 0 saturated carbocycles. The quantitative estimate of drug-likeness (QED) is 0.173. The molecule has 0 heterocycles. The van der Waals surface area contributed by atoms with E-state index in [1.165, 1.54) is 18.2 Å². The van der Waals surface area contributed by atoms with Crippen molar-refractivity contribution >= 4 is 56.0 Å². The molecule has 0 aliphatic carbocycles. The Balaban J connectivity index is 2.59. The second-order valence-electron chi connectivity index (χ2n) is 5.75. The smallest absolute Gasteiger partial charge is 0.288 e. The summed E-state index contributed by atoms with van der Waals surface area (Å²) >= 11 is 6.18. The molecule has 0 amide bonds. The van der Waals surface area contributed by atoms with Gasteiger partial charge in [-0.3, -0.25) is 19.2 Å². The van der Waals surface area contributed by atoms with Gasteiger partial charge in [-0.2, -0.15) is 13.2 Å². The first-order valence-electron chi connectivity index (χ1n) is 8.26. The molecular formula is C16H17Br2F3N3O4P. The highest BCUT2D eigenvalue weighted by molar-refractivity contribution is 9.09. The number of halogens is 5. The normalized spacial score (nSPS) is 13.6. The molecule has 2 aromatic carbocycles. The molecule has 0 bridgehead atoms. The Kier molecular flexibility index (Phi) is 8.62. The van der Waals surface area contributed by atoms with Gasteiger partial charge < -0.3 is 0 Å². The van der Waals surface area contributed by atoms with Gasteiger partial charge in [0.25, 0.3) is 5.69 Å². The third kappa shape index (κ3) is 6.22. The number of hydrogen-bond donors (Lipinski definition) is 2. The predicted octanol–water partition coefficient (Wildman–Crippen LogP) is 5.45. The number of nitro benzene ring substituents is 1. The number of fused-ring (bicyclic) bond motifs is 1. The summed E-state index contributed by atoms with van der Waals surface area (Å²) in [6.45, 7) is 0.105. The van der Waals surface area contributed by atoms with E-state index in [-0.39, 0.29) is 18.5 Å². The molecule has 0 aromatic heterocycles. The van der Waals surface area contributed by atoms with Crippen LogP contribution in [0.15, 0.2) is 36.4 Å². The number of alkyl halides is 5. The Bertz CT molecular complexity index is 905. The zero-order chi connectivity index (χ0) is 21.7. The number of nitrogens with one attached hydrogen (secondary N) is 2. The second kappa shape index (κ2) is 10.3. The number of nitro groups is 1. The minimum absolute atomic E-state index is 0.0320. The Morgan fingerprint density at radius 2 is 1.69 bits per heavy atom. The number of rotatable bonds is 10. The molecule has 7 nitrogen and oxygen atoms in total. The number of nitrogens with zero attached hydrogens (tertiary/aromatic N) is 1. The molecule has 1 unspecified atom stereocenters. The lowest BCUT2D eigenvalue weighted by molar-refractivity contribution is -0.385. The highest BCUT2D eigenvalue weighted by atomic mass is 79.9. The van der Waals surface area contributed by atoms with E-state index in [9.17, 15) is 27.9 Å². The van der Waals surface area contributed by atoms with Gasteiger partial charge in [0, 0.05) is 23.7 Å². The maximum Gasteiger partial charge on any atom is 0.419 e. The van der Waals surface area contributed by atoms with Crippen LogP contribution in [0.1, 0.15) is 11.7 Å². The van der Waals surface area contributed by atoms with Crippen LogP contribution in [0.5, 0.6) is 0 Å². The maximum absolute atomic E-state index is 13.9. The van der Waals surface area contributed by atoms with E-state index in [0.29, 0.717) is 16.0 Å². The Labute approximate surface area is 181 Å². The SMILES string of the molecule is O=[N+]([O-])c1c(C(OP(=O)(NCCBr)NCCBr)C(F)(F)F)ccc2ccccc12. The van der Waals surface area contributed by atoms with Crippen LogP contribution in [-0.2, 0) is 9.09 Å². The first-order valence-corrected chi connectivity index (χ1v) is 12.1. The van der Waals surface area contributed by atoms with Crippen molar-refractivity contribution in [3.63, 3.8) is 0 Å². The summed E-state index contributed by atoms with van der Waals surface area (Å²) in [7, 11) is -4.18. The molecule has 0 radical (unpaired) electrons. The number of benzene rings is 2. The van der Waals surface area contributed by atoms with Gasteiger partial charge in [0.15, 0.2) is 6.10 Å². The fourth-order valence-corrected chi connectivity index (χ4v) is 5.25. The minimum atomic E-state index is -5.05. The number of hydrogen-bond acceptors (Lipinski definition) is 4. The van der Waals surface area contributed by atoms with E-state index in [2.05, 4.69) is 42.0 Å². The molecule has 13 heteroatoms. The van der Waals surface area contributed by atoms with Crippen molar-refractivity contribution in [1.82, 2.24) is 10.2 Å². The highest BCUT2D eigenvalue weighted by Crippen LogP contribution is 2.51. The Morgan fingerprint density at radius 1 is 1.10 bits per heavy atom. The summed E-state index contributed by atoms with van der Waals surface area (Å²) < 4.78 is 59.6. The summed E-state index contributed by atoms with van der Waals surface area (Å²) in [5.74, 6) is 0. The molecule has 0 saturated heterocycles. The minimum Gasteiger partial charge on any atom is -0.288 e. The molecule has 1 atom stereocenters. The average molecular weight is 563 g/mol. The van der Waals surface area contributed by atoms with Gasteiger partial charge in [-0.05, 0) is 17.5 Å². The van der Waals surface area contributed by atoms with E-state index >= 15 is 0 Å². The van der Waals surface area contributed by atoms with Gasteiger partial charge >= 0.3 is 13.8 Å². The second-order valence-corrected chi connectivity index (χ2v) is 9.29. The summed E-state index contributed by atoms with van der Waals surface area (Å²) in [4.78, 5) is 10.8. The maximum atomic E-state index is 13.9. The van der Waals surface area contributed by atoms with Gasteiger partial charge in [0.2, 0.25) is 0 Å². The summed E-state index contributed by atoms with van der Waals surface area (Å²) in [5.41, 5.74) is -1.46. The summed E-state index contributed by atoms with van der Waals surface area (Å²) in [6.07, 6.45) is -7.82. The van der Waals surface area contributed by atoms with E-state index in [4.69, 9.17) is 4.52 Å². The standard InChI is InChI=1S/C16H17Br2F3N3O4P/c17-7-9-22-29(27,23-10-8-18)28-15(16(19,20)21)13-6-5-11-3-1-2-4-12(11)14(13)24(25)26/h1-6,15H,7-10H2,(H2,22,23,27). The predicted molar refractivity (Wildman–Crippen MR) is 112 cm³/mol. The van der Waals surface area contributed by atoms with Crippen LogP contribution < -0.4 is 10.2 Å². The zero-order valence-electron chi connectivity index (χ0n) is 14.8. The van der Waals surface area contributed by atoms with Crippen LogP contribution in [0.3, 0.4) is 0 Å². The van der Waals surface area contributed by atoms with Gasteiger partial charge in [-0.25, -0.2) is 10.2 Å². The average Bonchev–Trinajstić information content (AvgIpc) is 2.67. The third-order valence-corrected chi connectivity index (χ3v) is 6.36. The zero-order valence-corrected chi connectivity index (χ0v) is 18.9. The molecule has 0 aliphatic heterocycles. The lowest BCUT2D eigenvalue weighted by Gasteiger charge is -2.27. The molecular weight excluding hydrogens is 546 g/mol. The molecule has 0 fully saturated rings. The van der Waals surface area contributed by atoms with E-state index < -0.39 is 36.1 Å². The van der Waals surface area contributed by atoms with E-state index in [1.54, 1.807) is 12.1 Å². The Morgan fingerprint density at radius 3 is 2.21 bits per heavy atom. The molecule has 160 valence electrons. The lowest BCUT2D eigenvalue weighted by Crippen LogP contribution is -2.32. The van der Waals surface area contributed by atoms with Gasteiger partial charge in [-0.15, -0.1) is 0 Å². The topological polar surface area (TPSA) is 93.5 Å². The monoisotopic (exact) mass is 561 g/mol.